The minimum absolute atomic E-state index is 0.0359. The molecule has 0 radical (unpaired) electrons. The Labute approximate surface area is 188 Å². The molecule has 0 spiro atoms. The van der Waals surface area contributed by atoms with Crippen LogP contribution in [0.1, 0.15) is 49.9 Å². The minimum atomic E-state index is -0.224. The summed E-state index contributed by atoms with van der Waals surface area (Å²) in [5, 5.41) is -0.217. The molecule has 0 bridgehead atoms. The minimum Gasteiger partial charge on any atom is -0.363 e. The van der Waals surface area contributed by atoms with E-state index >= 15 is 0 Å². The van der Waals surface area contributed by atoms with E-state index in [1.54, 1.807) is 0 Å². The summed E-state index contributed by atoms with van der Waals surface area (Å²) in [4.78, 5) is 29.7. The number of carbonyl (C=O) groups is 2. The van der Waals surface area contributed by atoms with E-state index in [9.17, 15) is 9.59 Å². The average molecular weight is 433 g/mol. The van der Waals surface area contributed by atoms with E-state index in [1.165, 1.54) is 21.7 Å². The summed E-state index contributed by atoms with van der Waals surface area (Å²) in [5.74, 6) is -0.224. The van der Waals surface area contributed by atoms with E-state index in [2.05, 4.69) is 50.8 Å². The molecule has 0 aromatic heterocycles. The Morgan fingerprint density at radius 3 is 2.55 bits per heavy atom. The second-order valence-corrected chi connectivity index (χ2v) is 9.75. The van der Waals surface area contributed by atoms with E-state index in [1.807, 2.05) is 43.3 Å². The van der Waals surface area contributed by atoms with Crippen LogP contribution in [0.25, 0.3) is 11.6 Å². The maximum Gasteiger partial charge on any atom is 0.293 e. The molecule has 4 nitrogen and oxygen atoms in total. The third kappa shape index (κ3) is 4.07. The number of allylic oxidation sites excluding steroid dienone is 1. The summed E-state index contributed by atoms with van der Waals surface area (Å²) < 4.78 is 0. The van der Waals surface area contributed by atoms with Crippen LogP contribution in [-0.4, -0.2) is 28.1 Å². The van der Waals surface area contributed by atoms with Crippen LogP contribution in [0.2, 0.25) is 0 Å². The molecule has 31 heavy (non-hydrogen) atoms. The average Bonchev–Trinajstić information content (AvgIpc) is 2.95. The van der Waals surface area contributed by atoms with Gasteiger partial charge in [-0.2, -0.15) is 0 Å². The first kappa shape index (κ1) is 21.4. The van der Waals surface area contributed by atoms with Crippen LogP contribution in [0.15, 0.2) is 53.4 Å². The lowest BCUT2D eigenvalue weighted by atomic mass is 9.88. The van der Waals surface area contributed by atoms with E-state index in [4.69, 9.17) is 0 Å². The first-order valence-corrected chi connectivity index (χ1v) is 11.4. The largest absolute Gasteiger partial charge is 0.363 e. The predicted molar refractivity (Wildman–Crippen MR) is 130 cm³/mol. The van der Waals surface area contributed by atoms with Crippen molar-refractivity contribution < 1.29 is 9.59 Å². The summed E-state index contributed by atoms with van der Waals surface area (Å²) in [7, 11) is 0. The van der Waals surface area contributed by atoms with Gasteiger partial charge in [0.1, 0.15) is 0 Å². The molecule has 5 heteroatoms. The molecule has 0 atom stereocenters. The fourth-order valence-corrected chi connectivity index (χ4v) is 5.39. The maximum absolute atomic E-state index is 12.9. The zero-order chi connectivity index (χ0) is 22.3. The summed E-state index contributed by atoms with van der Waals surface area (Å²) >= 11 is 1.02. The Bertz CT molecular complexity index is 1130. The second kappa shape index (κ2) is 8.04. The molecule has 1 saturated heterocycles. The Kier molecular flexibility index (Phi) is 5.56. The van der Waals surface area contributed by atoms with Crippen molar-refractivity contribution in [2.45, 2.75) is 46.7 Å². The molecule has 2 heterocycles. The number of hydrogen-bond donors (Lipinski definition) is 0. The monoisotopic (exact) mass is 432 g/mol. The van der Waals surface area contributed by atoms with Crippen molar-refractivity contribution in [3.63, 3.8) is 0 Å². The number of benzene rings is 2. The van der Waals surface area contributed by atoms with Gasteiger partial charge in [-0.15, -0.1) is 0 Å². The van der Waals surface area contributed by atoms with Crippen LogP contribution in [0.3, 0.4) is 0 Å². The predicted octanol–water partition coefficient (Wildman–Crippen LogP) is 6.25. The quantitative estimate of drug-likeness (QED) is 0.535. The van der Waals surface area contributed by atoms with Crippen LogP contribution in [-0.2, 0) is 11.3 Å². The van der Waals surface area contributed by atoms with Crippen LogP contribution < -0.4 is 4.90 Å². The highest BCUT2D eigenvalue weighted by Gasteiger charge is 2.35. The van der Waals surface area contributed by atoms with Crippen molar-refractivity contribution in [1.29, 1.82) is 0 Å². The number of thioether (sulfide) groups is 1. The summed E-state index contributed by atoms with van der Waals surface area (Å²) in [5.41, 5.74) is 6.58. The first-order valence-electron chi connectivity index (χ1n) is 10.6. The number of fused-ring (bicyclic) bond motifs is 1. The lowest BCUT2D eigenvalue weighted by Gasteiger charge is -2.42. The molecule has 0 aliphatic carbocycles. The Hall–Kier alpha value is -2.79. The summed E-state index contributed by atoms with van der Waals surface area (Å²) in [6.07, 6.45) is 4.13. The van der Waals surface area contributed by atoms with Gasteiger partial charge in [0.05, 0.1) is 17.0 Å². The third-order valence-corrected chi connectivity index (χ3v) is 6.82. The fourth-order valence-electron chi connectivity index (χ4n) is 4.55. The highest BCUT2D eigenvalue weighted by atomic mass is 32.2. The van der Waals surface area contributed by atoms with Crippen molar-refractivity contribution in [3.8, 4) is 0 Å². The number of amides is 2. The standard InChI is InChI=1S/C26H28N2O2S/c1-6-28-22-11-10-19(13-21(22)18(3)15-26(28,4)5)14-23-24(29)27(25(30)31-23)16-20-9-7-8-17(2)12-20/h7-15H,6,16H2,1-5H3/b23-14+. The van der Waals surface area contributed by atoms with Gasteiger partial charge in [0.25, 0.3) is 11.1 Å². The Morgan fingerprint density at radius 2 is 1.84 bits per heavy atom. The van der Waals surface area contributed by atoms with Crippen LogP contribution in [0.4, 0.5) is 10.5 Å². The van der Waals surface area contributed by atoms with E-state index in [0.29, 0.717) is 11.4 Å². The van der Waals surface area contributed by atoms with Crippen molar-refractivity contribution in [2.24, 2.45) is 0 Å². The number of nitrogens with zero attached hydrogens (tertiary/aromatic N) is 2. The number of aryl methyl sites for hydroxylation is 1. The van der Waals surface area contributed by atoms with E-state index < -0.39 is 0 Å². The van der Waals surface area contributed by atoms with Crippen molar-refractivity contribution >= 4 is 40.2 Å². The molecule has 2 aliphatic rings. The Morgan fingerprint density at radius 1 is 1.06 bits per heavy atom. The molecule has 0 saturated carbocycles. The van der Waals surface area contributed by atoms with Gasteiger partial charge >= 0.3 is 0 Å². The van der Waals surface area contributed by atoms with Gasteiger partial charge in [0.15, 0.2) is 0 Å². The number of rotatable bonds is 4. The van der Waals surface area contributed by atoms with Gasteiger partial charge in [0, 0.05) is 17.8 Å². The van der Waals surface area contributed by atoms with E-state index in [0.717, 1.165) is 35.0 Å². The lowest BCUT2D eigenvalue weighted by Crippen LogP contribution is -2.44. The van der Waals surface area contributed by atoms with Crippen molar-refractivity contribution in [1.82, 2.24) is 4.90 Å². The highest BCUT2D eigenvalue weighted by Crippen LogP contribution is 2.40. The van der Waals surface area contributed by atoms with Gasteiger partial charge in [-0.3, -0.25) is 14.5 Å². The molecule has 0 unspecified atom stereocenters. The number of anilines is 1. The topological polar surface area (TPSA) is 40.6 Å². The zero-order valence-corrected chi connectivity index (χ0v) is 19.5. The first-order chi connectivity index (χ1) is 14.7. The molecular formula is C26H28N2O2S. The molecule has 160 valence electrons. The molecule has 1 fully saturated rings. The zero-order valence-electron chi connectivity index (χ0n) is 18.7. The summed E-state index contributed by atoms with van der Waals surface area (Å²) in [6.45, 7) is 12.0. The molecule has 2 amide bonds. The van der Waals surface area contributed by atoms with Gasteiger partial charge < -0.3 is 4.90 Å². The number of hydrogen-bond acceptors (Lipinski definition) is 4. The Balaban J connectivity index is 1.62. The number of likely N-dealkylation sites (N-methyl/N-ethyl adjacent to an activating group) is 1. The smallest absolute Gasteiger partial charge is 0.293 e. The van der Waals surface area contributed by atoms with Crippen LogP contribution in [0.5, 0.6) is 0 Å². The molecule has 4 rings (SSSR count). The summed E-state index contributed by atoms with van der Waals surface area (Å²) in [6, 6.07) is 14.2. The molecule has 2 aliphatic heterocycles. The lowest BCUT2D eigenvalue weighted by molar-refractivity contribution is -0.123. The van der Waals surface area contributed by atoms with Crippen LogP contribution >= 0.6 is 11.8 Å². The fraction of sp³-hybridized carbons (Fsp3) is 0.308. The van der Waals surface area contributed by atoms with Gasteiger partial charge in [-0.05, 0) is 81.3 Å². The number of imide groups is 1. The van der Waals surface area contributed by atoms with Gasteiger partial charge in [-0.1, -0.05) is 42.0 Å². The molecular weight excluding hydrogens is 404 g/mol. The molecule has 2 aromatic carbocycles. The highest BCUT2D eigenvalue weighted by molar-refractivity contribution is 8.18. The normalized spacial score (nSPS) is 19.1. The third-order valence-electron chi connectivity index (χ3n) is 5.91. The van der Waals surface area contributed by atoms with Gasteiger partial charge in [-0.25, -0.2) is 0 Å². The van der Waals surface area contributed by atoms with Crippen molar-refractivity contribution in [3.05, 3.63) is 75.7 Å². The van der Waals surface area contributed by atoms with Gasteiger partial charge in [0.2, 0.25) is 0 Å². The molecule has 0 N–H and O–H groups in total. The molecule has 2 aromatic rings. The number of carbonyl (C=O) groups excluding carboxylic acids is 2. The van der Waals surface area contributed by atoms with Crippen molar-refractivity contribution in [2.75, 3.05) is 11.4 Å². The second-order valence-electron chi connectivity index (χ2n) is 8.76. The maximum atomic E-state index is 12.9. The van der Waals surface area contributed by atoms with E-state index in [-0.39, 0.29) is 16.7 Å². The SMILES string of the molecule is CCN1c2ccc(/C=C3/SC(=O)N(Cc4cccc(C)c4)C3=O)cc2C(C)=CC1(C)C. The van der Waals surface area contributed by atoms with Crippen LogP contribution in [0, 0.1) is 6.92 Å².